The third-order valence-corrected chi connectivity index (χ3v) is 3.69. The van der Waals surface area contributed by atoms with Crippen LogP contribution in [0.5, 0.6) is 0 Å². The van der Waals surface area contributed by atoms with Crippen LogP contribution in [0.1, 0.15) is 10.6 Å². The Bertz CT molecular complexity index is 1130. The van der Waals surface area contributed by atoms with Crippen molar-refractivity contribution in [1.29, 1.82) is 0 Å². The van der Waals surface area contributed by atoms with Crippen LogP contribution in [0.2, 0.25) is 5.02 Å². The highest BCUT2D eigenvalue weighted by molar-refractivity contribution is 6.30. The van der Waals surface area contributed by atoms with Gasteiger partial charge in [-0.1, -0.05) is 23.7 Å². The molecule has 0 bridgehead atoms. The zero-order valence-electron chi connectivity index (χ0n) is 12.1. The molecule has 0 aliphatic rings. The maximum Gasteiger partial charge on any atom is 0.302 e. The highest BCUT2D eigenvalue weighted by atomic mass is 35.5. The minimum atomic E-state index is -0.542. The number of carbonyl (C=O) groups excluding carboxylic acids is 1. The van der Waals surface area contributed by atoms with Crippen LogP contribution in [0.3, 0.4) is 0 Å². The molecule has 6 nitrogen and oxygen atoms in total. The number of carbonyl (C=O) groups is 1. The molecule has 4 rings (SSSR count). The first-order valence-corrected chi connectivity index (χ1v) is 7.38. The first kappa shape index (κ1) is 14.5. The van der Waals surface area contributed by atoms with Crippen LogP contribution in [0.4, 0.5) is 5.82 Å². The smallest absolute Gasteiger partial charge is 0.302 e. The minimum Gasteiger partial charge on any atom is -0.425 e. The average molecular weight is 341 g/mol. The van der Waals surface area contributed by atoms with Crippen molar-refractivity contribution >= 4 is 45.5 Å². The van der Waals surface area contributed by atoms with Gasteiger partial charge in [0.05, 0.1) is 10.4 Å². The highest BCUT2D eigenvalue weighted by Crippen LogP contribution is 2.22. The quantitative estimate of drug-likeness (QED) is 0.599. The van der Waals surface area contributed by atoms with Gasteiger partial charge in [-0.05, 0) is 24.3 Å². The van der Waals surface area contributed by atoms with E-state index in [2.05, 4.69) is 10.3 Å². The summed E-state index contributed by atoms with van der Waals surface area (Å²) in [5.74, 6) is -0.264. The molecule has 1 aromatic carbocycles. The van der Waals surface area contributed by atoms with Gasteiger partial charge in [0.25, 0.3) is 5.91 Å². The summed E-state index contributed by atoms with van der Waals surface area (Å²) in [5.41, 5.74) is 0.148. The molecule has 0 spiro atoms. The monoisotopic (exact) mass is 340 g/mol. The van der Waals surface area contributed by atoms with Gasteiger partial charge in [-0.25, -0.2) is 4.98 Å². The fourth-order valence-electron chi connectivity index (χ4n) is 2.34. The molecule has 1 amide bonds. The third kappa shape index (κ3) is 2.43. The van der Waals surface area contributed by atoms with Gasteiger partial charge >= 0.3 is 5.78 Å². The Morgan fingerprint density at radius 1 is 1.08 bits per heavy atom. The van der Waals surface area contributed by atoms with Crippen molar-refractivity contribution < 1.29 is 13.6 Å². The normalized spacial score (nSPS) is 11.0. The number of nitrogens with one attached hydrogen (secondary N) is 1. The SMILES string of the molecule is O=C(Nc1ccc(Cl)cn1)c1cc2c(=O)c3ccccc3oc2o1. The van der Waals surface area contributed by atoms with E-state index in [1.54, 1.807) is 36.4 Å². The third-order valence-electron chi connectivity index (χ3n) is 3.47. The van der Waals surface area contributed by atoms with Gasteiger partial charge in [0, 0.05) is 12.3 Å². The van der Waals surface area contributed by atoms with Crippen LogP contribution in [0.25, 0.3) is 22.1 Å². The number of rotatable bonds is 2. The van der Waals surface area contributed by atoms with Crippen molar-refractivity contribution in [3.63, 3.8) is 0 Å². The molecule has 0 saturated heterocycles. The summed E-state index contributed by atoms with van der Waals surface area (Å²) in [6.45, 7) is 0. The number of fused-ring (bicyclic) bond motifs is 2. The molecule has 0 saturated carbocycles. The Morgan fingerprint density at radius 3 is 2.71 bits per heavy atom. The molecule has 1 N–H and O–H groups in total. The molecule has 24 heavy (non-hydrogen) atoms. The van der Waals surface area contributed by atoms with Crippen LogP contribution < -0.4 is 10.7 Å². The summed E-state index contributed by atoms with van der Waals surface area (Å²) in [6, 6.07) is 11.3. The lowest BCUT2D eigenvalue weighted by Crippen LogP contribution is -2.11. The number of nitrogens with zero attached hydrogens (tertiary/aromatic N) is 1. The second kappa shape index (κ2) is 5.50. The molecule has 0 aliphatic heterocycles. The zero-order chi connectivity index (χ0) is 16.7. The number of hydrogen-bond donors (Lipinski definition) is 1. The topological polar surface area (TPSA) is 85.3 Å². The molecule has 0 fully saturated rings. The molecule has 3 aromatic heterocycles. The van der Waals surface area contributed by atoms with Crippen LogP contribution in [0, 0.1) is 0 Å². The summed E-state index contributed by atoms with van der Waals surface area (Å²) >= 11 is 5.75. The van der Waals surface area contributed by atoms with Gasteiger partial charge in [0.2, 0.25) is 5.43 Å². The number of aromatic nitrogens is 1. The lowest BCUT2D eigenvalue weighted by molar-refractivity contribution is 0.0996. The van der Waals surface area contributed by atoms with Gasteiger partial charge < -0.3 is 14.2 Å². The van der Waals surface area contributed by atoms with Crippen molar-refractivity contribution in [2.75, 3.05) is 5.32 Å². The lowest BCUT2D eigenvalue weighted by Gasteiger charge is -2.01. The van der Waals surface area contributed by atoms with E-state index in [1.165, 1.54) is 12.3 Å². The van der Waals surface area contributed by atoms with E-state index >= 15 is 0 Å². The number of furan rings is 1. The van der Waals surface area contributed by atoms with E-state index in [-0.39, 0.29) is 22.4 Å². The molecular weight excluding hydrogens is 332 g/mol. The van der Waals surface area contributed by atoms with Gasteiger partial charge in [-0.2, -0.15) is 0 Å². The van der Waals surface area contributed by atoms with Crippen molar-refractivity contribution in [2.24, 2.45) is 0 Å². The molecule has 3 heterocycles. The first-order valence-electron chi connectivity index (χ1n) is 7.00. The Labute approximate surface area is 139 Å². The van der Waals surface area contributed by atoms with Gasteiger partial charge in [0.15, 0.2) is 5.76 Å². The number of halogens is 1. The first-order chi connectivity index (χ1) is 11.6. The second-order valence-corrected chi connectivity index (χ2v) is 5.49. The maximum absolute atomic E-state index is 12.4. The van der Waals surface area contributed by atoms with E-state index in [0.717, 1.165) is 0 Å². The van der Waals surface area contributed by atoms with Crippen molar-refractivity contribution in [3.05, 3.63) is 69.7 Å². The summed E-state index contributed by atoms with van der Waals surface area (Å²) in [6.07, 6.45) is 1.41. The number of amides is 1. The number of benzene rings is 1. The zero-order valence-corrected chi connectivity index (χ0v) is 12.8. The summed E-state index contributed by atoms with van der Waals surface area (Å²) < 4.78 is 10.9. The molecule has 4 aromatic rings. The largest absolute Gasteiger partial charge is 0.425 e. The molecular formula is C17H9ClN2O4. The second-order valence-electron chi connectivity index (χ2n) is 5.05. The van der Waals surface area contributed by atoms with Crippen molar-refractivity contribution in [3.8, 4) is 0 Å². The van der Waals surface area contributed by atoms with E-state index in [0.29, 0.717) is 21.8 Å². The average Bonchev–Trinajstić information content (AvgIpc) is 3.02. The highest BCUT2D eigenvalue weighted by Gasteiger charge is 2.18. The molecule has 0 atom stereocenters. The fraction of sp³-hybridized carbons (Fsp3) is 0. The van der Waals surface area contributed by atoms with Crippen molar-refractivity contribution in [1.82, 2.24) is 4.98 Å². The summed E-state index contributed by atoms with van der Waals surface area (Å²) in [5, 5.41) is 3.66. The number of anilines is 1. The van der Waals surface area contributed by atoms with E-state index in [9.17, 15) is 9.59 Å². The predicted octanol–water partition coefficient (Wildman–Crippen LogP) is 3.84. The van der Waals surface area contributed by atoms with E-state index < -0.39 is 5.91 Å². The number of hydrogen-bond acceptors (Lipinski definition) is 5. The predicted molar refractivity (Wildman–Crippen MR) is 89.5 cm³/mol. The van der Waals surface area contributed by atoms with Gasteiger partial charge in [-0.15, -0.1) is 0 Å². The molecule has 118 valence electrons. The Morgan fingerprint density at radius 2 is 1.92 bits per heavy atom. The van der Waals surface area contributed by atoms with E-state index in [1.807, 2.05) is 0 Å². The molecule has 0 aliphatic carbocycles. The Balaban J connectivity index is 1.75. The molecule has 0 radical (unpaired) electrons. The fourth-order valence-corrected chi connectivity index (χ4v) is 2.45. The minimum absolute atomic E-state index is 0.00733. The standard InChI is InChI=1S/C17H9ClN2O4/c18-9-5-6-14(19-8-9)20-16(22)13-7-11-15(21)10-3-1-2-4-12(10)23-17(11)24-13/h1-8H,(H,19,20,22). The number of pyridine rings is 1. The molecule has 7 heteroatoms. The van der Waals surface area contributed by atoms with E-state index in [4.69, 9.17) is 20.4 Å². The van der Waals surface area contributed by atoms with Crippen LogP contribution in [-0.2, 0) is 0 Å². The molecule has 0 unspecified atom stereocenters. The van der Waals surface area contributed by atoms with Crippen molar-refractivity contribution in [2.45, 2.75) is 0 Å². The Kier molecular flexibility index (Phi) is 3.32. The van der Waals surface area contributed by atoms with Crippen LogP contribution in [-0.4, -0.2) is 10.9 Å². The lowest BCUT2D eigenvalue weighted by atomic mass is 10.2. The van der Waals surface area contributed by atoms with Crippen LogP contribution in [0.15, 0.2) is 62.3 Å². The number of para-hydroxylation sites is 1. The summed E-state index contributed by atoms with van der Waals surface area (Å²) in [4.78, 5) is 28.7. The maximum atomic E-state index is 12.4. The van der Waals surface area contributed by atoms with Crippen LogP contribution >= 0.6 is 11.6 Å². The Hall–Kier alpha value is -3.12. The van der Waals surface area contributed by atoms with Gasteiger partial charge in [-0.3, -0.25) is 9.59 Å². The van der Waals surface area contributed by atoms with Gasteiger partial charge in [0.1, 0.15) is 16.8 Å². The summed E-state index contributed by atoms with van der Waals surface area (Å²) in [7, 11) is 0.